The van der Waals surface area contributed by atoms with Crippen LogP contribution in [0.5, 0.6) is 0 Å². The average molecular weight is 283 g/mol. The fourth-order valence-corrected chi connectivity index (χ4v) is 2.30. The van der Waals surface area contributed by atoms with Gasteiger partial charge >= 0.3 is 5.97 Å². The summed E-state index contributed by atoms with van der Waals surface area (Å²) in [7, 11) is 0. The van der Waals surface area contributed by atoms with E-state index in [-0.39, 0.29) is 17.2 Å². The summed E-state index contributed by atoms with van der Waals surface area (Å²) < 4.78 is 5.13. The Labute approximate surface area is 113 Å². The Morgan fingerprint density at radius 3 is 2.94 bits per heavy atom. The van der Waals surface area contributed by atoms with Gasteiger partial charge in [-0.05, 0) is 19.1 Å². The van der Waals surface area contributed by atoms with Crippen molar-refractivity contribution in [2.75, 3.05) is 5.73 Å². The molecule has 0 aliphatic carbocycles. The van der Waals surface area contributed by atoms with Crippen LogP contribution < -0.4 is 5.73 Å². The summed E-state index contributed by atoms with van der Waals surface area (Å²) in [5, 5.41) is 3.06. The second kappa shape index (κ2) is 5.37. The number of carbonyl (C=O) groups is 1. The number of benzene rings is 1. The van der Waals surface area contributed by atoms with Gasteiger partial charge < -0.3 is 10.5 Å². The zero-order chi connectivity index (χ0) is 13.1. The molecular formula is C12H11ClN2O2S. The molecule has 94 valence electrons. The van der Waals surface area contributed by atoms with Crippen molar-refractivity contribution in [3.63, 3.8) is 0 Å². The molecule has 0 fully saturated rings. The van der Waals surface area contributed by atoms with E-state index in [2.05, 4.69) is 4.98 Å². The number of rotatable bonds is 3. The molecule has 0 spiro atoms. The molecule has 0 saturated carbocycles. The van der Waals surface area contributed by atoms with Gasteiger partial charge in [0.2, 0.25) is 0 Å². The number of ether oxygens (including phenoxy) is 1. The van der Waals surface area contributed by atoms with Gasteiger partial charge in [0.05, 0.1) is 15.7 Å². The molecule has 2 aromatic rings. The number of hydrogen-bond donors (Lipinski definition) is 1. The van der Waals surface area contributed by atoms with Crippen molar-refractivity contribution in [2.45, 2.75) is 13.5 Å². The highest BCUT2D eigenvalue weighted by atomic mass is 35.5. The monoisotopic (exact) mass is 282 g/mol. The van der Waals surface area contributed by atoms with Crippen molar-refractivity contribution in [1.29, 1.82) is 0 Å². The van der Waals surface area contributed by atoms with E-state index < -0.39 is 5.97 Å². The van der Waals surface area contributed by atoms with Crippen LogP contribution in [0.25, 0.3) is 0 Å². The summed E-state index contributed by atoms with van der Waals surface area (Å²) in [5.41, 5.74) is 6.92. The van der Waals surface area contributed by atoms with Crippen molar-refractivity contribution in [2.24, 2.45) is 0 Å². The average Bonchev–Trinajstić information content (AvgIpc) is 2.72. The SMILES string of the molecule is Cc1nc(COC(=O)c2c(N)cccc2Cl)cs1. The smallest absolute Gasteiger partial charge is 0.342 e. The zero-order valence-electron chi connectivity index (χ0n) is 9.64. The van der Waals surface area contributed by atoms with Crippen LogP contribution in [-0.2, 0) is 11.3 Å². The van der Waals surface area contributed by atoms with E-state index in [9.17, 15) is 4.79 Å². The lowest BCUT2D eigenvalue weighted by Gasteiger charge is -2.07. The molecule has 4 nitrogen and oxygen atoms in total. The number of aryl methyl sites for hydroxylation is 1. The van der Waals surface area contributed by atoms with Gasteiger partial charge in [0, 0.05) is 11.1 Å². The van der Waals surface area contributed by atoms with Crippen LogP contribution in [-0.4, -0.2) is 11.0 Å². The molecule has 0 radical (unpaired) electrons. The summed E-state index contributed by atoms with van der Waals surface area (Å²) in [6.07, 6.45) is 0. The molecule has 0 aliphatic rings. The highest BCUT2D eigenvalue weighted by Gasteiger charge is 2.15. The molecule has 6 heteroatoms. The molecule has 2 N–H and O–H groups in total. The minimum atomic E-state index is -0.538. The standard InChI is InChI=1S/C12H11ClN2O2S/c1-7-15-8(6-18-7)5-17-12(16)11-9(13)3-2-4-10(11)14/h2-4,6H,5,14H2,1H3. The van der Waals surface area contributed by atoms with Crippen LogP contribution in [0.4, 0.5) is 5.69 Å². The van der Waals surface area contributed by atoms with Gasteiger partial charge in [0.1, 0.15) is 12.2 Å². The van der Waals surface area contributed by atoms with E-state index in [1.165, 1.54) is 11.3 Å². The first-order chi connectivity index (χ1) is 8.58. The fourth-order valence-electron chi connectivity index (χ4n) is 1.44. The lowest BCUT2D eigenvalue weighted by atomic mass is 10.2. The van der Waals surface area contributed by atoms with E-state index in [1.807, 2.05) is 12.3 Å². The lowest BCUT2D eigenvalue weighted by molar-refractivity contribution is 0.0470. The number of nitrogens with zero attached hydrogens (tertiary/aromatic N) is 1. The highest BCUT2D eigenvalue weighted by molar-refractivity contribution is 7.09. The number of nitrogen functional groups attached to an aromatic ring is 1. The Kier molecular flexibility index (Phi) is 3.84. The summed E-state index contributed by atoms with van der Waals surface area (Å²) in [6, 6.07) is 4.88. The number of carbonyl (C=O) groups excluding carboxylic acids is 1. The van der Waals surface area contributed by atoms with E-state index in [0.29, 0.717) is 5.69 Å². The minimum absolute atomic E-state index is 0.119. The number of esters is 1. The van der Waals surface area contributed by atoms with Crippen molar-refractivity contribution in [1.82, 2.24) is 4.98 Å². The normalized spacial score (nSPS) is 10.3. The Morgan fingerprint density at radius 1 is 1.56 bits per heavy atom. The number of thiazole rings is 1. The van der Waals surface area contributed by atoms with Crippen molar-refractivity contribution in [3.05, 3.63) is 44.9 Å². The van der Waals surface area contributed by atoms with E-state index in [0.717, 1.165) is 10.7 Å². The van der Waals surface area contributed by atoms with Gasteiger partial charge in [-0.1, -0.05) is 17.7 Å². The quantitative estimate of drug-likeness (QED) is 0.694. The minimum Gasteiger partial charge on any atom is -0.455 e. The molecule has 18 heavy (non-hydrogen) atoms. The number of halogens is 1. The van der Waals surface area contributed by atoms with Gasteiger partial charge in [-0.3, -0.25) is 0 Å². The molecule has 2 rings (SSSR count). The first-order valence-corrected chi connectivity index (χ1v) is 6.46. The van der Waals surface area contributed by atoms with Gasteiger partial charge in [0.15, 0.2) is 0 Å². The predicted octanol–water partition coefficient (Wildman–Crippen LogP) is 3.04. The summed E-state index contributed by atoms with van der Waals surface area (Å²) >= 11 is 7.42. The summed E-state index contributed by atoms with van der Waals surface area (Å²) in [6.45, 7) is 2.01. The molecule has 0 bridgehead atoms. The van der Waals surface area contributed by atoms with Crippen LogP contribution in [0.2, 0.25) is 5.02 Å². The Hall–Kier alpha value is -1.59. The van der Waals surface area contributed by atoms with E-state index in [4.69, 9.17) is 22.1 Å². The maximum absolute atomic E-state index is 11.9. The molecule has 1 heterocycles. The van der Waals surface area contributed by atoms with Crippen LogP contribution >= 0.6 is 22.9 Å². The third kappa shape index (κ3) is 2.80. The second-order valence-electron chi connectivity index (χ2n) is 3.64. The van der Waals surface area contributed by atoms with Crippen LogP contribution in [0.15, 0.2) is 23.6 Å². The molecule has 0 amide bonds. The number of anilines is 1. The number of hydrogen-bond acceptors (Lipinski definition) is 5. The number of nitrogens with two attached hydrogens (primary N) is 1. The highest BCUT2D eigenvalue weighted by Crippen LogP contribution is 2.23. The van der Waals surface area contributed by atoms with E-state index in [1.54, 1.807) is 18.2 Å². The Balaban J connectivity index is 2.08. The van der Waals surface area contributed by atoms with Crippen LogP contribution in [0.3, 0.4) is 0 Å². The molecular weight excluding hydrogens is 272 g/mol. The fraction of sp³-hybridized carbons (Fsp3) is 0.167. The predicted molar refractivity (Wildman–Crippen MR) is 71.8 cm³/mol. The van der Waals surface area contributed by atoms with Gasteiger partial charge in [-0.2, -0.15) is 0 Å². The second-order valence-corrected chi connectivity index (χ2v) is 5.11. The van der Waals surface area contributed by atoms with Crippen LogP contribution in [0, 0.1) is 6.92 Å². The van der Waals surface area contributed by atoms with Gasteiger partial charge in [0.25, 0.3) is 0 Å². The largest absolute Gasteiger partial charge is 0.455 e. The molecule has 0 aliphatic heterocycles. The van der Waals surface area contributed by atoms with Gasteiger partial charge in [-0.15, -0.1) is 11.3 Å². The summed E-state index contributed by atoms with van der Waals surface area (Å²) in [4.78, 5) is 16.1. The van der Waals surface area contributed by atoms with Crippen molar-refractivity contribution < 1.29 is 9.53 Å². The first-order valence-electron chi connectivity index (χ1n) is 5.20. The maximum atomic E-state index is 11.9. The Bertz CT molecular complexity index is 563. The van der Waals surface area contributed by atoms with E-state index >= 15 is 0 Å². The molecule has 0 atom stereocenters. The number of aromatic nitrogens is 1. The van der Waals surface area contributed by atoms with Crippen molar-refractivity contribution in [3.8, 4) is 0 Å². The topological polar surface area (TPSA) is 65.2 Å². The van der Waals surface area contributed by atoms with Crippen molar-refractivity contribution >= 4 is 34.6 Å². The maximum Gasteiger partial charge on any atom is 0.342 e. The molecule has 0 saturated heterocycles. The zero-order valence-corrected chi connectivity index (χ0v) is 11.2. The third-order valence-electron chi connectivity index (χ3n) is 2.27. The Morgan fingerprint density at radius 2 is 2.33 bits per heavy atom. The molecule has 1 aromatic carbocycles. The third-order valence-corrected chi connectivity index (χ3v) is 3.40. The van der Waals surface area contributed by atoms with Gasteiger partial charge in [-0.25, -0.2) is 9.78 Å². The molecule has 1 aromatic heterocycles. The lowest BCUT2D eigenvalue weighted by Crippen LogP contribution is -2.09. The molecule has 0 unspecified atom stereocenters. The first kappa shape index (κ1) is 12.9. The van der Waals surface area contributed by atoms with Crippen LogP contribution in [0.1, 0.15) is 21.1 Å². The summed E-state index contributed by atoms with van der Waals surface area (Å²) in [5.74, 6) is -0.538.